The van der Waals surface area contributed by atoms with E-state index in [1.54, 1.807) is 42.5 Å². The zero-order chi connectivity index (χ0) is 21.3. The Labute approximate surface area is 176 Å². The number of carbonyl (C=O) groups is 2. The van der Waals surface area contributed by atoms with Gasteiger partial charge in [0.15, 0.2) is 0 Å². The van der Waals surface area contributed by atoms with E-state index in [9.17, 15) is 9.59 Å². The van der Waals surface area contributed by atoms with Gasteiger partial charge in [-0.3, -0.25) is 9.59 Å². The summed E-state index contributed by atoms with van der Waals surface area (Å²) in [4.78, 5) is 26.9. The van der Waals surface area contributed by atoms with E-state index in [0.717, 1.165) is 11.3 Å². The topological polar surface area (TPSA) is 80.2 Å². The lowest BCUT2D eigenvalue weighted by Gasteiger charge is -2.31. The van der Waals surface area contributed by atoms with Gasteiger partial charge in [0.2, 0.25) is 5.91 Å². The fraction of sp³-hybridized carbons (Fsp3) is 0.348. The molecule has 158 valence electrons. The number of rotatable bonds is 7. The van der Waals surface area contributed by atoms with E-state index >= 15 is 0 Å². The maximum absolute atomic E-state index is 12.6. The number of piperidine rings is 1. The molecule has 30 heavy (non-hydrogen) atoms. The summed E-state index contributed by atoms with van der Waals surface area (Å²) in [7, 11) is 1.59. The number of hydrogen-bond acceptors (Lipinski definition) is 5. The lowest BCUT2D eigenvalue weighted by molar-refractivity contribution is -0.126. The van der Waals surface area contributed by atoms with Crippen LogP contribution in [0.2, 0.25) is 0 Å². The fourth-order valence-corrected chi connectivity index (χ4v) is 3.39. The number of amides is 2. The maximum Gasteiger partial charge on any atom is 0.253 e. The van der Waals surface area contributed by atoms with Crippen molar-refractivity contribution in [1.29, 1.82) is 0 Å². The van der Waals surface area contributed by atoms with Gasteiger partial charge >= 0.3 is 0 Å². The number of hydrazone groups is 1. The van der Waals surface area contributed by atoms with Gasteiger partial charge in [0.1, 0.15) is 11.5 Å². The van der Waals surface area contributed by atoms with Gasteiger partial charge in [-0.25, -0.2) is 5.43 Å². The molecule has 1 fully saturated rings. The van der Waals surface area contributed by atoms with Gasteiger partial charge in [0, 0.05) is 30.1 Å². The summed E-state index contributed by atoms with van der Waals surface area (Å²) < 4.78 is 10.7. The van der Waals surface area contributed by atoms with Crippen LogP contribution < -0.4 is 14.9 Å². The van der Waals surface area contributed by atoms with Crippen molar-refractivity contribution >= 4 is 18.0 Å². The first-order valence-corrected chi connectivity index (χ1v) is 10.1. The largest absolute Gasteiger partial charge is 0.497 e. The van der Waals surface area contributed by atoms with Gasteiger partial charge < -0.3 is 14.4 Å². The molecular weight excluding hydrogens is 382 g/mol. The SMILES string of the molecule is CCOc1ccccc1/C=N\NC(=O)C1CCN(C(=O)c2ccc(OC)cc2)CC1. The zero-order valence-electron chi connectivity index (χ0n) is 17.3. The first-order valence-electron chi connectivity index (χ1n) is 10.1. The number of methoxy groups -OCH3 is 1. The Morgan fingerprint density at radius 2 is 1.83 bits per heavy atom. The van der Waals surface area contributed by atoms with Crippen molar-refractivity contribution in [3.8, 4) is 11.5 Å². The molecular formula is C23H27N3O4. The smallest absolute Gasteiger partial charge is 0.253 e. The number of hydrogen-bond donors (Lipinski definition) is 1. The van der Waals surface area contributed by atoms with Crippen LogP contribution in [0, 0.1) is 5.92 Å². The van der Waals surface area contributed by atoms with Gasteiger partial charge in [0.25, 0.3) is 5.91 Å². The van der Waals surface area contributed by atoms with E-state index in [4.69, 9.17) is 9.47 Å². The molecule has 1 N–H and O–H groups in total. The predicted molar refractivity (Wildman–Crippen MR) is 115 cm³/mol. The predicted octanol–water partition coefficient (Wildman–Crippen LogP) is 3.10. The van der Waals surface area contributed by atoms with Crippen LogP contribution in [0.25, 0.3) is 0 Å². The monoisotopic (exact) mass is 409 g/mol. The minimum Gasteiger partial charge on any atom is -0.497 e. The lowest BCUT2D eigenvalue weighted by atomic mass is 9.95. The summed E-state index contributed by atoms with van der Waals surface area (Å²) in [6.45, 7) is 3.56. The number of ether oxygens (including phenoxy) is 2. The molecule has 0 radical (unpaired) electrons. The standard InChI is InChI=1S/C23H27N3O4/c1-3-30-21-7-5-4-6-19(21)16-24-25-22(27)17-12-14-26(15-13-17)23(28)18-8-10-20(29-2)11-9-18/h4-11,16-17H,3,12-15H2,1-2H3,(H,25,27)/b24-16-. The molecule has 1 saturated heterocycles. The molecule has 2 aromatic carbocycles. The summed E-state index contributed by atoms with van der Waals surface area (Å²) in [6.07, 6.45) is 2.81. The number of para-hydroxylation sites is 1. The quantitative estimate of drug-likeness (QED) is 0.563. The molecule has 1 aliphatic heterocycles. The summed E-state index contributed by atoms with van der Waals surface area (Å²) in [6, 6.07) is 14.6. The molecule has 3 rings (SSSR count). The van der Waals surface area contributed by atoms with Gasteiger partial charge in [-0.2, -0.15) is 5.10 Å². The average Bonchev–Trinajstić information content (AvgIpc) is 2.80. The summed E-state index contributed by atoms with van der Waals surface area (Å²) in [5, 5.41) is 4.08. The molecule has 7 nitrogen and oxygen atoms in total. The first-order chi connectivity index (χ1) is 14.6. The molecule has 2 amide bonds. The van der Waals surface area contributed by atoms with Gasteiger partial charge in [-0.05, 0) is 56.2 Å². The summed E-state index contributed by atoms with van der Waals surface area (Å²) >= 11 is 0. The van der Waals surface area contributed by atoms with Crippen LogP contribution in [-0.4, -0.2) is 49.7 Å². The van der Waals surface area contributed by atoms with E-state index in [2.05, 4.69) is 10.5 Å². The minimum atomic E-state index is -0.163. The third-order valence-electron chi connectivity index (χ3n) is 5.09. The van der Waals surface area contributed by atoms with E-state index < -0.39 is 0 Å². The second-order valence-electron chi connectivity index (χ2n) is 7.00. The molecule has 1 aliphatic rings. The molecule has 0 atom stereocenters. The molecule has 0 aliphatic carbocycles. The maximum atomic E-state index is 12.6. The Balaban J connectivity index is 1.49. The molecule has 0 saturated carbocycles. The van der Waals surface area contributed by atoms with E-state index in [1.807, 2.05) is 31.2 Å². The molecule has 0 bridgehead atoms. The fourth-order valence-electron chi connectivity index (χ4n) is 3.39. The number of carbonyl (C=O) groups excluding carboxylic acids is 2. The van der Waals surface area contributed by atoms with Crippen LogP contribution in [0.15, 0.2) is 53.6 Å². The third-order valence-corrected chi connectivity index (χ3v) is 5.09. The van der Waals surface area contributed by atoms with Crippen molar-refractivity contribution in [1.82, 2.24) is 10.3 Å². The van der Waals surface area contributed by atoms with Crippen molar-refractivity contribution < 1.29 is 19.1 Å². The Morgan fingerprint density at radius 1 is 1.13 bits per heavy atom. The van der Waals surface area contributed by atoms with Crippen molar-refractivity contribution in [2.75, 3.05) is 26.8 Å². The van der Waals surface area contributed by atoms with E-state index in [1.165, 1.54) is 0 Å². The normalized spacial score (nSPS) is 14.5. The summed E-state index contributed by atoms with van der Waals surface area (Å²) in [5.74, 6) is 1.12. The van der Waals surface area contributed by atoms with E-state index in [0.29, 0.717) is 43.9 Å². The highest BCUT2D eigenvalue weighted by atomic mass is 16.5. The molecule has 2 aromatic rings. The van der Waals surface area contributed by atoms with Crippen LogP contribution in [-0.2, 0) is 4.79 Å². The Hall–Kier alpha value is -3.35. The number of nitrogens with one attached hydrogen (secondary N) is 1. The molecule has 1 heterocycles. The molecule has 0 unspecified atom stereocenters. The van der Waals surface area contributed by atoms with Crippen LogP contribution in [0.3, 0.4) is 0 Å². The highest BCUT2D eigenvalue weighted by Gasteiger charge is 2.27. The van der Waals surface area contributed by atoms with Crippen LogP contribution >= 0.6 is 0 Å². The average molecular weight is 409 g/mol. The minimum absolute atomic E-state index is 0.0259. The second kappa shape index (κ2) is 10.4. The summed E-state index contributed by atoms with van der Waals surface area (Å²) in [5.41, 5.74) is 4.04. The first kappa shape index (κ1) is 21.4. The zero-order valence-corrected chi connectivity index (χ0v) is 17.3. The van der Waals surface area contributed by atoms with Crippen molar-refractivity contribution in [3.63, 3.8) is 0 Å². The lowest BCUT2D eigenvalue weighted by Crippen LogP contribution is -2.42. The molecule has 0 spiro atoms. The van der Waals surface area contributed by atoms with Crippen molar-refractivity contribution in [2.24, 2.45) is 11.0 Å². The Kier molecular flexibility index (Phi) is 7.43. The Bertz CT molecular complexity index is 888. The van der Waals surface area contributed by atoms with Crippen LogP contribution in [0.5, 0.6) is 11.5 Å². The third kappa shape index (κ3) is 5.37. The van der Waals surface area contributed by atoms with Crippen molar-refractivity contribution in [2.45, 2.75) is 19.8 Å². The van der Waals surface area contributed by atoms with Gasteiger partial charge in [-0.1, -0.05) is 12.1 Å². The van der Waals surface area contributed by atoms with Crippen molar-refractivity contribution in [3.05, 3.63) is 59.7 Å². The Morgan fingerprint density at radius 3 is 2.50 bits per heavy atom. The van der Waals surface area contributed by atoms with E-state index in [-0.39, 0.29) is 17.7 Å². The highest BCUT2D eigenvalue weighted by molar-refractivity contribution is 5.94. The van der Waals surface area contributed by atoms with Crippen LogP contribution in [0.4, 0.5) is 0 Å². The highest BCUT2D eigenvalue weighted by Crippen LogP contribution is 2.21. The van der Waals surface area contributed by atoms with Gasteiger partial charge in [-0.15, -0.1) is 0 Å². The number of benzene rings is 2. The molecule has 0 aromatic heterocycles. The molecule has 7 heteroatoms. The number of likely N-dealkylation sites (tertiary alicyclic amines) is 1. The number of nitrogens with zero attached hydrogens (tertiary/aromatic N) is 2. The van der Waals surface area contributed by atoms with Gasteiger partial charge in [0.05, 0.1) is 19.9 Å². The second-order valence-corrected chi connectivity index (χ2v) is 7.00. The van der Waals surface area contributed by atoms with Crippen LogP contribution in [0.1, 0.15) is 35.7 Å².